The normalized spacial score (nSPS) is 13.1. The Hall–Kier alpha value is -1.26. The van der Waals surface area contributed by atoms with Gasteiger partial charge in [0.1, 0.15) is 0 Å². The third-order valence-electron chi connectivity index (χ3n) is 2.67. The molecule has 5 heteroatoms. The summed E-state index contributed by atoms with van der Waals surface area (Å²) in [4.78, 5) is 0. The molecule has 0 unspecified atom stereocenters. The van der Waals surface area contributed by atoms with Crippen molar-refractivity contribution >= 4 is 23.2 Å². The fraction of sp³-hybridized carbons (Fsp3) is 0.231. The summed E-state index contributed by atoms with van der Waals surface area (Å²) >= 11 is 0. The van der Waals surface area contributed by atoms with Crippen LogP contribution in [0.5, 0.6) is 0 Å². The van der Waals surface area contributed by atoms with E-state index in [9.17, 15) is 13.2 Å². The number of alkyl halides is 3. The van der Waals surface area contributed by atoms with E-state index in [1.807, 2.05) is 18.2 Å². The highest BCUT2D eigenvalue weighted by Gasteiger charge is 2.31. The number of hydrogen-bond donors (Lipinski definition) is 1. The molecular weight excluding hydrogens is 263 g/mol. The first kappa shape index (κ1) is 14.8. The van der Waals surface area contributed by atoms with Crippen molar-refractivity contribution < 1.29 is 13.2 Å². The van der Waals surface area contributed by atoms with Gasteiger partial charge >= 0.3 is 6.18 Å². The number of hydrogen-bond acceptors (Lipinski definition) is 1. The van der Waals surface area contributed by atoms with Gasteiger partial charge in [0, 0.05) is 6.04 Å². The van der Waals surface area contributed by atoms with Gasteiger partial charge < -0.3 is 5.73 Å². The first-order chi connectivity index (χ1) is 7.97. The van der Waals surface area contributed by atoms with Crippen LogP contribution in [-0.4, -0.2) is 6.18 Å². The molecule has 0 spiro atoms. The second-order valence-corrected chi connectivity index (χ2v) is 3.99. The number of fused-ring (bicyclic) bond motifs is 1. The molecule has 1 atom stereocenters. The lowest BCUT2D eigenvalue weighted by atomic mass is 9.97. The maximum atomic E-state index is 12.3. The predicted molar refractivity (Wildman–Crippen MR) is 68.8 cm³/mol. The molecule has 98 valence electrons. The van der Waals surface area contributed by atoms with Crippen LogP contribution in [0.15, 0.2) is 42.5 Å². The van der Waals surface area contributed by atoms with Crippen LogP contribution in [-0.2, 0) is 0 Å². The summed E-state index contributed by atoms with van der Waals surface area (Å²) in [5, 5.41) is 1.69. The first-order valence-corrected chi connectivity index (χ1v) is 5.27. The molecule has 0 amide bonds. The van der Waals surface area contributed by atoms with E-state index in [0.717, 1.165) is 10.8 Å². The fourth-order valence-electron chi connectivity index (χ4n) is 1.93. The Morgan fingerprint density at radius 3 is 2.28 bits per heavy atom. The summed E-state index contributed by atoms with van der Waals surface area (Å²) < 4.78 is 36.9. The van der Waals surface area contributed by atoms with Crippen molar-refractivity contribution in [2.45, 2.75) is 18.6 Å². The van der Waals surface area contributed by atoms with Crippen LogP contribution in [0.25, 0.3) is 10.8 Å². The predicted octanol–water partition coefficient (Wildman–Crippen LogP) is 4.21. The third kappa shape index (κ3) is 3.37. The molecule has 0 saturated heterocycles. The second kappa shape index (κ2) is 5.59. The largest absolute Gasteiger partial charge is 0.390 e. The molecule has 0 aromatic heterocycles. The SMILES string of the molecule is Cl.N[C@H](CC(F)(F)F)c1cccc2ccccc12. The number of halogens is 4. The van der Waals surface area contributed by atoms with Gasteiger partial charge in [-0.05, 0) is 16.3 Å². The van der Waals surface area contributed by atoms with E-state index in [2.05, 4.69) is 0 Å². The highest BCUT2D eigenvalue weighted by molar-refractivity contribution is 5.86. The molecule has 2 aromatic rings. The monoisotopic (exact) mass is 275 g/mol. The highest BCUT2D eigenvalue weighted by atomic mass is 35.5. The van der Waals surface area contributed by atoms with E-state index < -0.39 is 18.6 Å². The molecular formula is C13H13ClF3N. The van der Waals surface area contributed by atoms with E-state index in [-0.39, 0.29) is 12.4 Å². The van der Waals surface area contributed by atoms with Crippen molar-refractivity contribution in [2.75, 3.05) is 0 Å². The molecule has 0 aliphatic rings. The Kier molecular flexibility index (Phi) is 4.59. The topological polar surface area (TPSA) is 26.0 Å². The van der Waals surface area contributed by atoms with Gasteiger partial charge in [-0.1, -0.05) is 42.5 Å². The van der Waals surface area contributed by atoms with Crippen molar-refractivity contribution in [2.24, 2.45) is 5.73 Å². The van der Waals surface area contributed by atoms with E-state index in [4.69, 9.17) is 5.73 Å². The molecule has 1 nitrogen and oxygen atoms in total. The Balaban J connectivity index is 0.00000162. The molecule has 0 fully saturated rings. The first-order valence-electron chi connectivity index (χ1n) is 5.27. The molecule has 0 saturated carbocycles. The average molecular weight is 276 g/mol. The van der Waals surface area contributed by atoms with Crippen molar-refractivity contribution in [3.8, 4) is 0 Å². The molecule has 2 aromatic carbocycles. The fourth-order valence-corrected chi connectivity index (χ4v) is 1.93. The molecule has 2 N–H and O–H groups in total. The van der Waals surface area contributed by atoms with Gasteiger partial charge in [0.05, 0.1) is 6.42 Å². The van der Waals surface area contributed by atoms with Gasteiger partial charge in [0.15, 0.2) is 0 Å². The zero-order chi connectivity index (χ0) is 12.5. The van der Waals surface area contributed by atoms with Gasteiger partial charge in [-0.15, -0.1) is 12.4 Å². The van der Waals surface area contributed by atoms with Crippen molar-refractivity contribution in [1.82, 2.24) is 0 Å². The van der Waals surface area contributed by atoms with E-state index in [0.29, 0.717) is 5.56 Å². The van der Waals surface area contributed by atoms with Gasteiger partial charge in [-0.2, -0.15) is 13.2 Å². The summed E-state index contributed by atoms with van der Waals surface area (Å²) in [6.45, 7) is 0. The summed E-state index contributed by atoms with van der Waals surface area (Å²) in [5.74, 6) is 0. The smallest absolute Gasteiger partial charge is 0.324 e. The molecule has 0 heterocycles. The zero-order valence-corrected chi connectivity index (χ0v) is 10.3. The van der Waals surface area contributed by atoms with Crippen molar-refractivity contribution in [3.05, 3.63) is 48.0 Å². The van der Waals surface area contributed by atoms with Crippen LogP contribution in [0, 0.1) is 0 Å². The number of rotatable bonds is 2. The van der Waals surface area contributed by atoms with Gasteiger partial charge in [0.25, 0.3) is 0 Å². The summed E-state index contributed by atoms with van der Waals surface area (Å²) in [6.07, 6.45) is -5.24. The molecule has 0 bridgehead atoms. The van der Waals surface area contributed by atoms with Crippen LogP contribution < -0.4 is 5.73 Å². The molecule has 18 heavy (non-hydrogen) atoms. The van der Waals surface area contributed by atoms with E-state index >= 15 is 0 Å². The molecule has 0 radical (unpaired) electrons. The van der Waals surface area contributed by atoms with Crippen LogP contribution in [0.3, 0.4) is 0 Å². The molecule has 0 aliphatic carbocycles. The number of nitrogens with two attached hydrogens (primary N) is 1. The van der Waals surface area contributed by atoms with Gasteiger partial charge in [-0.3, -0.25) is 0 Å². The standard InChI is InChI=1S/C13H12F3N.ClH/c14-13(15,16)8-12(17)11-7-3-5-9-4-1-2-6-10(9)11;/h1-7,12H,8,17H2;1H/t12-;/m1./s1. The summed E-state index contributed by atoms with van der Waals surface area (Å²) in [5.41, 5.74) is 6.17. The molecule has 2 rings (SSSR count). The maximum Gasteiger partial charge on any atom is 0.390 e. The zero-order valence-electron chi connectivity index (χ0n) is 9.45. The molecule has 0 aliphatic heterocycles. The lowest BCUT2D eigenvalue weighted by Gasteiger charge is -2.16. The summed E-state index contributed by atoms with van der Waals surface area (Å²) in [7, 11) is 0. The van der Waals surface area contributed by atoms with E-state index in [1.165, 1.54) is 0 Å². The van der Waals surface area contributed by atoms with Gasteiger partial charge in [0.2, 0.25) is 0 Å². The van der Waals surface area contributed by atoms with Crippen LogP contribution in [0.2, 0.25) is 0 Å². The Morgan fingerprint density at radius 2 is 1.61 bits per heavy atom. The van der Waals surface area contributed by atoms with Crippen LogP contribution in [0.4, 0.5) is 13.2 Å². The third-order valence-corrected chi connectivity index (χ3v) is 2.67. The van der Waals surface area contributed by atoms with Crippen molar-refractivity contribution in [3.63, 3.8) is 0 Å². The van der Waals surface area contributed by atoms with Crippen LogP contribution in [0.1, 0.15) is 18.0 Å². The lowest BCUT2D eigenvalue weighted by molar-refractivity contribution is -0.138. The quantitative estimate of drug-likeness (QED) is 0.873. The maximum absolute atomic E-state index is 12.3. The highest BCUT2D eigenvalue weighted by Crippen LogP contribution is 2.31. The second-order valence-electron chi connectivity index (χ2n) is 3.99. The Bertz CT molecular complexity index is 520. The van der Waals surface area contributed by atoms with Crippen LogP contribution >= 0.6 is 12.4 Å². The Morgan fingerprint density at radius 1 is 1.00 bits per heavy atom. The Labute approximate surface area is 109 Å². The average Bonchev–Trinajstić information content (AvgIpc) is 2.26. The van der Waals surface area contributed by atoms with Crippen molar-refractivity contribution in [1.29, 1.82) is 0 Å². The minimum atomic E-state index is -4.24. The van der Waals surface area contributed by atoms with Gasteiger partial charge in [-0.25, -0.2) is 0 Å². The summed E-state index contributed by atoms with van der Waals surface area (Å²) in [6, 6.07) is 11.5. The number of benzene rings is 2. The minimum absolute atomic E-state index is 0. The van der Waals surface area contributed by atoms with E-state index in [1.54, 1.807) is 24.3 Å². The lowest BCUT2D eigenvalue weighted by Crippen LogP contribution is -2.20. The minimum Gasteiger partial charge on any atom is -0.324 e.